The number of pyridine rings is 1. The van der Waals surface area contributed by atoms with Crippen LogP contribution >= 0.6 is 39.3 Å². The van der Waals surface area contributed by atoms with E-state index in [9.17, 15) is 15.0 Å². The SMILES string of the molecule is CCCCNC(=O)c1ncc(Br)cc1S[C@H]1OC(CO)[C@H](O)[C@H](n2cc(-n3ccc(Cl)n3)nn2)C1OC. The van der Waals surface area contributed by atoms with E-state index in [1.165, 1.54) is 28.2 Å². The van der Waals surface area contributed by atoms with Gasteiger partial charge in [0.1, 0.15) is 35.5 Å². The molecule has 4 rings (SSSR count). The summed E-state index contributed by atoms with van der Waals surface area (Å²) >= 11 is 10.5. The van der Waals surface area contributed by atoms with Gasteiger partial charge in [0.05, 0.1) is 12.8 Å². The number of halogens is 2. The van der Waals surface area contributed by atoms with Crippen molar-refractivity contribution in [1.82, 2.24) is 35.1 Å². The molecule has 3 aromatic rings. The molecule has 37 heavy (non-hydrogen) atoms. The first kappa shape index (κ1) is 28.0. The molecule has 15 heteroatoms. The summed E-state index contributed by atoms with van der Waals surface area (Å²) in [5, 5.41) is 36.6. The van der Waals surface area contributed by atoms with Crippen molar-refractivity contribution in [3.05, 3.63) is 46.0 Å². The Labute approximate surface area is 230 Å². The predicted molar refractivity (Wildman–Crippen MR) is 139 cm³/mol. The number of rotatable bonds is 10. The molecule has 0 aliphatic carbocycles. The second-order valence-electron chi connectivity index (χ2n) is 8.27. The molecule has 0 bridgehead atoms. The number of aliphatic hydroxyl groups is 2. The van der Waals surface area contributed by atoms with Gasteiger partial charge in [0, 0.05) is 35.4 Å². The minimum absolute atomic E-state index is 0.240. The van der Waals surface area contributed by atoms with E-state index in [1.807, 2.05) is 6.92 Å². The van der Waals surface area contributed by atoms with Gasteiger partial charge in [-0.2, -0.15) is 5.10 Å². The van der Waals surface area contributed by atoms with Crippen molar-refractivity contribution < 1.29 is 24.5 Å². The summed E-state index contributed by atoms with van der Waals surface area (Å²) in [7, 11) is 1.49. The van der Waals surface area contributed by atoms with Crippen LogP contribution in [0.2, 0.25) is 5.15 Å². The van der Waals surface area contributed by atoms with E-state index in [1.54, 1.807) is 30.7 Å². The third kappa shape index (κ3) is 6.33. The number of carbonyl (C=O) groups is 1. The molecule has 1 fully saturated rings. The van der Waals surface area contributed by atoms with Gasteiger partial charge in [0.15, 0.2) is 11.0 Å². The molecule has 3 N–H and O–H groups in total. The Kier molecular flexibility index (Phi) is 9.56. The summed E-state index contributed by atoms with van der Waals surface area (Å²) in [6.07, 6.45) is 3.73. The normalized spacial score (nSPS) is 23.8. The molecule has 0 spiro atoms. The number of hydrogen-bond donors (Lipinski definition) is 3. The van der Waals surface area contributed by atoms with Gasteiger partial charge in [0.25, 0.3) is 5.91 Å². The summed E-state index contributed by atoms with van der Waals surface area (Å²) in [6.45, 7) is 2.14. The first-order chi connectivity index (χ1) is 17.9. The van der Waals surface area contributed by atoms with Crippen molar-refractivity contribution in [2.45, 2.75) is 54.5 Å². The van der Waals surface area contributed by atoms with Crippen LogP contribution in [0.4, 0.5) is 0 Å². The van der Waals surface area contributed by atoms with Crippen LogP contribution in [0.25, 0.3) is 5.82 Å². The standard InChI is InChI=1S/C22H27BrClN7O5S/c1-3-4-6-25-21(34)17-14(8-12(23)9-26-17)37-22-20(35-2)18(19(33)13(11-32)36-22)31-10-16(27-29-31)30-7-5-15(24)28-30/h5,7-10,13,18-20,22,32-33H,3-4,6,11H2,1-2H3,(H,25,34)/t13?,18-,19-,20?,22+/m0/s1. The van der Waals surface area contributed by atoms with Crippen molar-refractivity contribution in [3.63, 3.8) is 0 Å². The first-order valence-electron chi connectivity index (χ1n) is 11.6. The van der Waals surface area contributed by atoms with E-state index >= 15 is 0 Å². The molecule has 1 amide bonds. The van der Waals surface area contributed by atoms with Crippen LogP contribution in [-0.2, 0) is 9.47 Å². The summed E-state index contributed by atoms with van der Waals surface area (Å²) in [6, 6.07) is 2.60. The Bertz CT molecular complexity index is 1210. The molecule has 0 aromatic carbocycles. The molecule has 3 aromatic heterocycles. The lowest BCUT2D eigenvalue weighted by atomic mass is 9.97. The number of ether oxygens (including phenoxy) is 2. The van der Waals surface area contributed by atoms with E-state index < -0.39 is 36.4 Å². The molecule has 12 nitrogen and oxygen atoms in total. The molecular weight excluding hydrogens is 590 g/mol. The number of nitrogens with zero attached hydrogens (tertiary/aromatic N) is 6. The molecule has 2 unspecified atom stereocenters. The molecular formula is C22H27BrClN7O5S. The van der Waals surface area contributed by atoms with Crippen molar-refractivity contribution in [1.29, 1.82) is 0 Å². The number of hydrogen-bond acceptors (Lipinski definition) is 10. The molecule has 0 saturated carbocycles. The average molecular weight is 617 g/mol. The lowest BCUT2D eigenvalue weighted by Crippen LogP contribution is -2.55. The van der Waals surface area contributed by atoms with Crippen LogP contribution in [0, 0.1) is 0 Å². The van der Waals surface area contributed by atoms with Gasteiger partial charge >= 0.3 is 0 Å². The van der Waals surface area contributed by atoms with Crippen LogP contribution in [0.1, 0.15) is 36.3 Å². The number of carbonyl (C=O) groups excluding carboxylic acids is 1. The van der Waals surface area contributed by atoms with Crippen LogP contribution < -0.4 is 5.32 Å². The van der Waals surface area contributed by atoms with Gasteiger partial charge in [0.2, 0.25) is 0 Å². The molecule has 1 aliphatic heterocycles. The fraction of sp³-hybridized carbons (Fsp3) is 0.500. The largest absolute Gasteiger partial charge is 0.394 e. The fourth-order valence-electron chi connectivity index (χ4n) is 3.92. The second kappa shape index (κ2) is 12.7. The van der Waals surface area contributed by atoms with E-state index in [2.05, 4.69) is 41.6 Å². The van der Waals surface area contributed by atoms with Gasteiger partial charge in [-0.05, 0) is 34.5 Å². The van der Waals surface area contributed by atoms with Crippen LogP contribution in [0.15, 0.2) is 40.1 Å². The second-order valence-corrected chi connectivity index (χ2v) is 10.7. The highest BCUT2D eigenvalue weighted by molar-refractivity contribution is 9.10. The van der Waals surface area contributed by atoms with Gasteiger partial charge in [-0.25, -0.2) is 14.3 Å². The number of thioether (sulfide) groups is 1. The maximum atomic E-state index is 12.8. The van der Waals surface area contributed by atoms with Crippen molar-refractivity contribution in [2.75, 3.05) is 20.3 Å². The van der Waals surface area contributed by atoms with Crippen LogP contribution in [-0.4, -0.2) is 89.9 Å². The summed E-state index contributed by atoms with van der Waals surface area (Å²) < 4.78 is 15.4. The molecule has 200 valence electrons. The van der Waals surface area contributed by atoms with Crippen molar-refractivity contribution in [2.24, 2.45) is 0 Å². The van der Waals surface area contributed by atoms with E-state index in [4.69, 9.17) is 21.1 Å². The Morgan fingerprint density at radius 2 is 2.24 bits per heavy atom. The predicted octanol–water partition coefficient (Wildman–Crippen LogP) is 2.23. The maximum absolute atomic E-state index is 12.8. The molecule has 0 radical (unpaired) electrons. The highest BCUT2D eigenvalue weighted by atomic mass is 79.9. The van der Waals surface area contributed by atoms with E-state index in [-0.39, 0.29) is 11.6 Å². The maximum Gasteiger partial charge on any atom is 0.271 e. The zero-order valence-electron chi connectivity index (χ0n) is 20.1. The Morgan fingerprint density at radius 1 is 1.43 bits per heavy atom. The van der Waals surface area contributed by atoms with Crippen molar-refractivity contribution in [3.8, 4) is 5.82 Å². The lowest BCUT2D eigenvalue weighted by molar-refractivity contribution is -0.186. The number of aromatic nitrogens is 6. The fourth-order valence-corrected chi connectivity index (χ4v) is 5.85. The highest BCUT2D eigenvalue weighted by Gasteiger charge is 2.48. The Balaban J connectivity index is 1.63. The lowest BCUT2D eigenvalue weighted by Gasteiger charge is -2.43. The van der Waals surface area contributed by atoms with Gasteiger partial charge in [-0.1, -0.05) is 41.9 Å². The Morgan fingerprint density at radius 3 is 2.92 bits per heavy atom. The molecule has 5 atom stereocenters. The zero-order valence-corrected chi connectivity index (χ0v) is 23.2. The third-order valence-electron chi connectivity index (χ3n) is 5.79. The number of methoxy groups -OCH3 is 1. The first-order valence-corrected chi connectivity index (χ1v) is 13.6. The monoisotopic (exact) mass is 615 g/mol. The molecule has 4 heterocycles. The number of amides is 1. The average Bonchev–Trinajstić information content (AvgIpc) is 3.54. The number of nitrogens with one attached hydrogen (secondary N) is 1. The summed E-state index contributed by atoms with van der Waals surface area (Å²) in [5.74, 6) is 0.0785. The van der Waals surface area contributed by atoms with E-state index in [0.29, 0.717) is 26.9 Å². The van der Waals surface area contributed by atoms with Gasteiger partial charge in [-0.15, -0.1) is 5.10 Å². The quantitative estimate of drug-likeness (QED) is 0.290. The minimum Gasteiger partial charge on any atom is -0.394 e. The zero-order chi connectivity index (χ0) is 26.5. The van der Waals surface area contributed by atoms with Gasteiger partial charge in [-0.3, -0.25) is 4.79 Å². The highest BCUT2D eigenvalue weighted by Crippen LogP contribution is 2.40. The third-order valence-corrected chi connectivity index (χ3v) is 7.60. The Hall–Kier alpha value is -2.07. The smallest absolute Gasteiger partial charge is 0.271 e. The minimum atomic E-state index is -1.17. The van der Waals surface area contributed by atoms with Crippen molar-refractivity contribution >= 4 is 45.2 Å². The summed E-state index contributed by atoms with van der Waals surface area (Å²) in [4.78, 5) is 17.7. The van der Waals surface area contributed by atoms with Crippen LogP contribution in [0.3, 0.4) is 0 Å². The van der Waals surface area contributed by atoms with Gasteiger partial charge < -0.3 is 25.0 Å². The molecule has 1 saturated heterocycles. The topological polar surface area (TPSA) is 149 Å². The summed E-state index contributed by atoms with van der Waals surface area (Å²) in [5.41, 5.74) is -0.495. The number of unbranched alkanes of at least 4 members (excludes halogenated alkanes) is 1. The van der Waals surface area contributed by atoms with Crippen LogP contribution in [0.5, 0.6) is 0 Å². The molecule has 1 aliphatic rings. The van der Waals surface area contributed by atoms with E-state index in [0.717, 1.165) is 12.8 Å². The number of aliphatic hydroxyl groups excluding tert-OH is 2.